The van der Waals surface area contributed by atoms with Gasteiger partial charge in [-0.05, 0) is 46.1 Å². The molecule has 112 valence electrons. The van der Waals surface area contributed by atoms with Gasteiger partial charge in [0.1, 0.15) is 13.2 Å². The number of benzene rings is 1. The number of nitrogens with two attached hydrogens (primary N) is 1. The van der Waals surface area contributed by atoms with Gasteiger partial charge in [-0.1, -0.05) is 0 Å². The Morgan fingerprint density at radius 2 is 2.19 bits per heavy atom. The molecule has 21 heavy (non-hydrogen) atoms. The van der Waals surface area contributed by atoms with Crippen LogP contribution in [0.5, 0.6) is 11.5 Å². The normalized spacial score (nSPS) is 21.0. The van der Waals surface area contributed by atoms with Gasteiger partial charge in [-0.3, -0.25) is 4.79 Å². The van der Waals surface area contributed by atoms with E-state index in [1.54, 1.807) is 17.1 Å². The predicted octanol–water partition coefficient (Wildman–Crippen LogP) is 1.79. The molecule has 2 aliphatic rings. The zero-order valence-corrected chi connectivity index (χ0v) is 13.1. The number of hydrogen-bond donors (Lipinski definition) is 1. The Labute approximate surface area is 131 Å². The molecule has 0 spiro atoms. The van der Waals surface area contributed by atoms with Gasteiger partial charge in [-0.15, -0.1) is 0 Å². The van der Waals surface area contributed by atoms with Gasteiger partial charge in [0, 0.05) is 25.2 Å². The first-order valence-electron chi connectivity index (χ1n) is 6.95. The average Bonchev–Trinajstić information content (AvgIpc) is 2.91. The van der Waals surface area contributed by atoms with Crippen molar-refractivity contribution in [3.05, 3.63) is 28.2 Å². The first kappa shape index (κ1) is 14.4. The standard InChI is InChI=1S/C15H17BrN2O3/c16-12-7-10(8-13-15(12)21-6-5-20-13)1-2-14(19)18-4-3-11(17)9-18/h1-2,7-8,11H,3-6,9,17H2/t11-/m0/s1. The number of nitrogens with zero attached hydrogens (tertiary/aromatic N) is 1. The molecule has 1 aromatic carbocycles. The Bertz CT molecular complexity index is 589. The van der Waals surface area contributed by atoms with Gasteiger partial charge in [0.25, 0.3) is 0 Å². The number of rotatable bonds is 2. The highest BCUT2D eigenvalue weighted by Gasteiger charge is 2.22. The molecule has 1 aromatic rings. The Hall–Kier alpha value is -1.53. The third kappa shape index (κ3) is 3.22. The van der Waals surface area contributed by atoms with Crippen LogP contribution in [-0.4, -0.2) is 43.2 Å². The summed E-state index contributed by atoms with van der Waals surface area (Å²) in [5.41, 5.74) is 6.70. The highest BCUT2D eigenvalue weighted by atomic mass is 79.9. The van der Waals surface area contributed by atoms with Crippen LogP contribution in [0, 0.1) is 0 Å². The minimum absolute atomic E-state index is 0.00559. The maximum Gasteiger partial charge on any atom is 0.246 e. The molecule has 5 nitrogen and oxygen atoms in total. The highest BCUT2D eigenvalue weighted by molar-refractivity contribution is 9.10. The van der Waals surface area contributed by atoms with E-state index in [-0.39, 0.29) is 11.9 Å². The second-order valence-electron chi connectivity index (χ2n) is 5.19. The van der Waals surface area contributed by atoms with Crippen molar-refractivity contribution in [1.29, 1.82) is 0 Å². The third-order valence-electron chi connectivity index (χ3n) is 3.57. The molecule has 0 bridgehead atoms. The van der Waals surface area contributed by atoms with Crippen molar-refractivity contribution in [3.8, 4) is 11.5 Å². The van der Waals surface area contributed by atoms with Gasteiger partial charge in [-0.2, -0.15) is 0 Å². The predicted molar refractivity (Wildman–Crippen MR) is 83.3 cm³/mol. The van der Waals surface area contributed by atoms with Gasteiger partial charge in [0.2, 0.25) is 5.91 Å². The lowest BCUT2D eigenvalue weighted by atomic mass is 10.1. The van der Waals surface area contributed by atoms with Gasteiger partial charge in [0.05, 0.1) is 4.47 Å². The van der Waals surface area contributed by atoms with E-state index in [9.17, 15) is 4.79 Å². The largest absolute Gasteiger partial charge is 0.486 e. The second kappa shape index (κ2) is 6.07. The number of ether oxygens (including phenoxy) is 2. The maximum atomic E-state index is 12.1. The summed E-state index contributed by atoms with van der Waals surface area (Å²) in [4.78, 5) is 13.8. The van der Waals surface area contributed by atoms with Crippen LogP contribution < -0.4 is 15.2 Å². The quantitative estimate of drug-likeness (QED) is 0.824. The van der Waals surface area contributed by atoms with Crippen LogP contribution in [-0.2, 0) is 4.79 Å². The molecule has 6 heteroatoms. The minimum Gasteiger partial charge on any atom is -0.486 e. The summed E-state index contributed by atoms with van der Waals surface area (Å²) < 4.78 is 11.9. The molecule has 2 heterocycles. The lowest BCUT2D eigenvalue weighted by molar-refractivity contribution is -0.124. The molecule has 2 N–H and O–H groups in total. The van der Waals surface area contributed by atoms with Crippen molar-refractivity contribution in [2.75, 3.05) is 26.3 Å². The van der Waals surface area contributed by atoms with Gasteiger partial charge in [-0.25, -0.2) is 0 Å². The first-order valence-corrected chi connectivity index (χ1v) is 7.74. The van der Waals surface area contributed by atoms with Crippen LogP contribution in [0.3, 0.4) is 0 Å². The fourth-order valence-corrected chi connectivity index (χ4v) is 3.06. The number of carbonyl (C=O) groups is 1. The fraction of sp³-hybridized carbons (Fsp3) is 0.400. The highest BCUT2D eigenvalue weighted by Crippen LogP contribution is 2.38. The SMILES string of the molecule is N[C@H]1CCN(C(=O)C=Cc2cc(Br)c3c(c2)OCCO3)C1. The zero-order chi connectivity index (χ0) is 14.8. The van der Waals surface area contributed by atoms with Crippen molar-refractivity contribution in [2.45, 2.75) is 12.5 Å². The molecule has 3 rings (SSSR count). The molecule has 1 fully saturated rings. The van der Waals surface area contributed by atoms with E-state index in [0.29, 0.717) is 25.5 Å². The molecular formula is C15H17BrN2O3. The van der Waals surface area contributed by atoms with E-state index in [1.807, 2.05) is 12.1 Å². The molecule has 1 saturated heterocycles. The third-order valence-corrected chi connectivity index (χ3v) is 4.16. The van der Waals surface area contributed by atoms with E-state index in [4.69, 9.17) is 15.2 Å². The van der Waals surface area contributed by atoms with E-state index in [1.165, 1.54) is 0 Å². The Morgan fingerprint density at radius 3 is 2.95 bits per heavy atom. The molecule has 2 aliphatic heterocycles. The molecule has 0 unspecified atom stereocenters. The Balaban J connectivity index is 1.74. The number of halogens is 1. The summed E-state index contributed by atoms with van der Waals surface area (Å²) in [5, 5.41) is 0. The summed E-state index contributed by atoms with van der Waals surface area (Å²) in [6.45, 7) is 2.45. The van der Waals surface area contributed by atoms with Crippen molar-refractivity contribution in [2.24, 2.45) is 5.73 Å². The van der Waals surface area contributed by atoms with Gasteiger partial charge >= 0.3 is 0 Å². The van der Waals surface area contributed by atoms with Crippen LogP contribution >= 0.6 is 15.9 Å². The van der Waals surface area contributed by atoms with Crippen LogP contribution in [0.25, 0.3) is 6.08 Å². The van der Waals surface area contributed by atoms with Crippen molar-refractivity contribution >= 4 is 27.9 Å². The smallest absolute Gasteiger partial charge is 0.246 e. The van der Waals surface area contributed by atoms with Gasteiger partial charge in [0.15, 0.2) is 11.5 Å². The maximum absolute atomic E-state index is 12.1. The zero-order valence-electron chi connectivity index (χ0n) is 11.5. The van der Waals surface area contributed by atoms with Crippen LogP contribution in [0.15, 0.2) is 22.7 Å². The Morgan fingerprint density at radius 1 is 1.38 bits per heavy atom. The van der Waals surface area contributed by atoms with E-state index < -0.39 is 0 Å². The van der Waals surface area contributed by atoms with E-state index >= 15 is 0 Å². The summed E-state index contributed by atoms with van der Waals surface area (Å²) >= 11 is 3.46. The summed E-state index contributed by atoms with van der Waals surface area (Å²) in [7, 11) is 0. The number of likely N-dealkylation sites (tertiary alicyclic amines) is 1. The molecule has 1 atom stereocenters. The van der Waals surface area contributed by atoms with Gasteiger partial charge < -0.3 is 20.1 Å². The number of hydrogen-bond acceptors (Lipinski definition) is 4. The lowest BCUT2D eigenvalue weighted by Crippen LogP contribution is -2.30. The average molecular weight is 353 g/mol. The minimum atomic E-state index is -0.00559. The molecule has 0 aliphatic carbocycles. The first-order chi connectivity index (χ1) is 10.1. The molecular weight excluding hydrogens is 336 g/mol. The summed E-state index contributed by atoms with van der Waals surface area (Å²) in [6.07, 6.45) is 4.24. The topological polar surface area (TPSA) is 64.8 Å². The molecule has 0 aromatic heterocycles. The molecule has 1 amide bonds. The Kier molecular flexibility index (Phi) is 4.17. The van der Waals surface area contributed by atoms with Crippen molar-refractivity contribution in [1.82, 2.24) is 4.90 Å². The van der Waals surface area contributed by atoms with E-state index in [0.717, 1.165) is 28.8 Å². The van der Waals surface area contributed by atoms with Crippen molar-refractivity contribution < 1.29 is 14.3 Å². The second-order valence-corrected chi connectivity index (χ2v) is 6.05. The number of carbonyl (C=O) groups excluding carboxylic acids is 1. The van der Waals surface area contributed by atoms with Crippen LogP contribution in [0.1, 0.15) is 12.0 Å². The van der Waals surface area contributed by atoms with Crippen LogP contribution in [0.2, 0.25) is 0 Å². The summed E-state index contributed by atoms with van der Waals surface area (Å²) in [5.74, 6) is 1.41. The number of amides is 1. The monoisotopic (exact) mass is 352 g/mol. The lowest BCUT2D eigenvalue weighted by Gasteiger charge is -2.20. The summed E-state index contributed by atoms with van der Waals surface area (Å²) in [6, 6.07) is 3.89. The molecule has 0 saturated carbocycles. The van der Waals surface area contributed by atoms with Crippen molar-refractivity contribution in [3.63, 3.8) is 0 Å². The van der Waals surface area contributed by atoms with E-state index in [2.05, 4.69) is 15.9 Å². The molecule has 0 radical (unpaired) electrons. The van der Waals surface area contributed by atoms with Crippen LogP contribution in [0.4, 0.5) is 0 Å². The fourth-order valence-electron chi connectivity index (χ4n) is 2.49. The number of fused-ring (bicyclic) bond motifs is 1.